The fourth-order valence-electron chi connectivity index (χ4n) is 0.866. The zero-order valence-corrected chi connectivity index (χ0v) is 6.48. The topological polar surface area (TPSA) is 0 Å². The van der Waals surface area contributed by atoms with Gasteiger partial charge in [0.2, 0.25) is 0 Å². The summed E-state index contributed by atoms with van der Waals surface area (Å²) in [5.74, 6) is 0. The molecule has 0 aromatic rings. The van der Waals surface area contributed by atoms with Crippen LogP contribution in [0.4, 0.5) is 0 Å². The standard InChI is InChI=1S/C9H16/c1-4-7-9(6-3)8-5-2/h4,7H,1,5-6,8H2,2-3H3/b9-7+. The van der Waals surface area contributed by atoms with Crippen molar-refractivity contribution in [2.24, 2.45) is 0 Å². The summed E-state index contributed by atoms with van der Waals surface area (Å²) in [5, 5.41) is 0. The van der Waals surface area contributed by atoms with Crippen LogP contribution in [-0.2, 0) is 0 Å². The normalized spacial score (nSPS) is 11.6. The lowest BCUT2D eigenvalue weighted by Crippen LogP contribution is -1.77. The Hall–Kier alpha value is -0.520. The van der Waals surface area contributed by atoms with Crippen LogP contribution >= 0.6 is 0 Å². The van der Waals surface area contributed by atoms with Gasteiger partial charge in [0.25, 0.3) is 0 Å². The smallest absolute Gasteiger partial charge is 0.0320 e. The van der Waals surface area contributed by atoms with Crippen LogP contribution in [0.5, 0.6) is 0 Å². The SMILES string of the molecule is C=C/C=C(\CC)CCC. The molecule has 0 aliphatic heterocycles. The minimum absolute atomic E-state index is 1.17. The van der Waals surface area contributed by atoms with E-state index in [0.29, 0.717) is 0 Å². The molecule has 0 saturated heterocycles. The number of hydrogen-bond donors (Lipinski definition) is 0. The van der Waals surface area contributed by atoms with E-state index in [4.69, 9.17) is 0 Å². The van der Waals surface area contributed by atoms with Crippen molar-refractivity contribution in [2.45, 2.75) is 33.1 Å². The van der Waals surface area contributed by atoms with E-state index < -0.39 is 0 Å². The zero-order valence-electron chi connectivity index (χ0n) is 6.48. The molecule has 0 atom stereocenters. The summed E-state index contributed by atoms with van der Waals surface area (Å²) < 4.78 is 0. The van der Waals surface area contributed by atoms with Crippen molar-refractivity contribution in [3.05, 3.63) is 24.3 Å². The maximum Gasteiger partial charge on any atom is -0.0320 e. The molecule has 0 bridgehead atoms. The number of allylic oxidation sites excluding steroid dienone is 3. The van der Waals surface area contributed by atoms with Gasteiger partial charge in [-0.15, -0.1) is 0 Å². The Morgan fingerprint density at radius 2 is 2.11 bits per heavy atom. The first kappa shape index (κ1) is 8.48. The molecule has 0 aromatic heterocycles. The second-order valence-electron chi connectivity index (χ2n) is 2.16. The lowest BCUT2D eigenvalue weighted by Gasteiger charge is -1.97. The van der Waals surface area contributed by atoms with Gasteiger partial charge in [-0.3, -0.25) is 0 Å². The minimum Gasteiger partial charge on any atom is -0.0991 e. The van der Waals surface area contributed by atoms with Crippen LogP contribution < -0.4 is 0 Å². The summed E-state index contributed by atoms with van der Waals surface area (Å²) in [6, 6.07) is 0. The molecule has 0 amide bonds. The van der Waals surface area contributed by atoms with Crippen LogP contribution in [0.25, 0.3) is 0 Å². The number of hydrogen-bond acceptors (Lipinski definition) is 0. The van der Waals surface area contributed by atoms with Gasteiger partial charge in [-0.1, -0.05) is 44.6 Å². The van der Waals surface area contributed by atoms with Crippen LogP contribution in [0.1, 0.15) is 33.1 Å². The van der Waals surface area contributed by atoms with Crippen molar-refractivity contribution in [3.63, 3.8) is 0 Å². The molecule has 0 nitrogen and oxygen atoms in total. The lowest BCUT2D eigenvalue weighted by molar-refractivity contribution is 0.859. The molecule has 0 N–H and O–H groups in total. The monoisotopic (exact) mass is 124 g/mol. The molecule has 0 rings (SSSR count). The maximum absolute atomic E-state index is 3.65. The molecule has 0 aliphatic carbocycles. The molecule has 0 fully saturated rings. The van der Waals surface area contributed by atoms with E-state index in [0.717, 1.165) is 0 Å². The van der Waals surface area contributed by atoms with Gasteiger partial charge >= 0.3 is 0 Å². The van der Waals surface area contributed by atoms with Crippen LogP contribution in [-0.4, -0.2) is 0 Å². The highest BCUT2D eigenvalue weighted by molar-refractivity contribution is 5.09. The van der Waals surface area contributed by atoms with E-state index in [1.807, 2.05) is 6.08 Å². The Morgan fingerprint density at radius 1 is 1.44 bits per heavy atom. The molecule has 0 heteroatoms. The van der Waals surface area contributed by atoms with Gasteiger partial charge in [0.05, 0.1) is 0 Å². The first-order valence-corrected chi connectivity index (χ1v) is 3.65. The quantitative estimate of drug-likeness (QED) is 0.504. The predicted molar refractivity (Wildman–Crippen MR) is 43.5 cm³/mol. The lowest BCUT2D eigenvalue weighted by atomic mass is 10.1. The molecule has 0 saturated carbocycles. The number of rotatable bonds is 4. The fourth-order valence-corrected chi connectivity index (χ4v) is 0.866. The second-order valence-corrected chi connectivity index (χ2v) is 2.16. The van der Waals surface area contributed by atoms with Crippen LogP contribution in [0, 0.1) is 0 Å². The van der Waals surface area contributed by atoms with Crippen molar-refractivity contribution < 1.29 is 0 Å². The molecular weight excluding hydrogens is 108 g/mol. The molecule has 9 heavy (non-hydrogen) atoms. The van der Waals surface area contributed by atoms with Crippen molar-refractivity contribution in [1.29, 1.82) is 0 Å². The van der Waals surface area contributed by atoms with Crippen molar-refractivity contribution in [2.75, 3.05) is 0 Å². The third-order valence-electron chi connectivity index (χ3n) is 1.38. The van der Waals surface area contributed by atoms with Crippen molar-refractivity contribution in [3.8, 4) is 0 Å². The summed E-state index contributed by atoms with van der Waals surface area (Å²) in [6.07, 6.45) is 7.62. The van der Waals surface area contributed by atoms with Crippen LogP contribution in [0.2, 0.25) is 0 Å². The Balaban J connectivity index is 3.66. The summed E-state index contributed by atoms with van der Waals surface area (Å²) in [6.45, 7) is 8.04. The maximum atomic E-state index is 3.65. The van der Waals surface area contributed by atoms with Gasteiger partial charge in [-0.25, -0.2) is 0 Å². The Kier molecular flexibility index (Phi) is 5.29. The first-order valence-electron chi connectivity index (χ1n) is 3.65. The Morgan fingerprint density at radius 3 is 2.44 bits per heavy atom. The summed E-state index contributed by atoms with van der Waals surface area (Å²) in [4.78, 5) is 0. The third-order valence-corrected chi connectivity index (χ3v) is 1.38. The van der Waals surface area contributed by atoms with Gasteiger partial charge in [0.1, 0.15) is 0 Å². The third kappa shape index (κ3) is 4.01. The van der Waals surface area contributed by atoms with Crippen LogP contribution in [0.15, 0.2) is 24.3 Å². The molecule has 0 aliphatic rings. The molecule has 52 valence electrons. The second kappa shape index (κ2) is 5.61. The van der Waals surface area contributed by atoms with E-state index in [9.17, 15) is 0 Å². The minimum atomic E-state index is 1.17. The molecule has 0 unspecified atom stereocenters. The molecule has 0 spiro atoms. The highest BCUT2D eigenvalue weighted by atomic mass is 13.9. The van der Waals surface area contributed by atoms with Gasteiger partial charge in [-0.2, -0.15) is 0 Å². The molecule has 0 aromatic carbocycles. The van der Waals surface area contributed by atoms with Crippen molar-refractivity contribution >= 4 is 0 Å². The molecular formula is C9H16. The predicted octanol–water partition coefficient (Wildman–Crippen LogP) is 3.31. The summed E-state index contributed by atoms with van der Waals surface area (Å²) in [5.41, 5.74) is 1.51. The van der Waals surface area contributed by atoms with E-state index in [1.165, 1.54) is 24.8 Å². The summed E-state index contributed by atoms with van der Waals surface area (Å²) >= 11 is 0. The van der Waals surface area contributed by atoms with Gasteiger partial charge in [0.15, 0.2) is 0 Å². The van der Waals surface area contributed by atoms with Gasteiger partial charge < -0.3 is 0 Å². The van der Waals surface area contributed by atoms with E-state index in [2.05, 4.69) is 26.5 Å². The average molecular weight is 124 g/mol. The fraction of sp³-hybridized carbons (Fsp3) is 0.556. The Labute approximate surface area is 58.3 Å². The average Bonchev–Trinajstić information content (AvgIpc) is 1.88. The highest BCUT2D eigenvalue weighted by Crippen LogP contribution is 2.07. The van der Waals surface area contributed by atoms with E-state index in [1.54, 1.807) is 0 Å². The summed E-state index contributed by atoms with van der Waals surface area (Å²) in [7, 11) is 0. The van der Waals surface area contributed by atoms with Crippen molar-refractivity contribution in [1.82, 2.24) is 0 Å². The largest absolute Gasteiger partial charge is 0.0991 e. The van der Waals surface area contributed by atoms with Gasteiger partial charge in [-0.05, 0) is 12.8 Å². The first-order chi connectivity index (χ1) is 4.35. The highest BCUT2D eigenvalue weighted by Gasteiger charge is 1.87. The zero-order chi connectivity index (χ0) is 7.11. The van der Waals surface area contributed by atoms with Crippen LogP contribution in [0.3, 0.4) is 0 Å². The Bertz CT molecular complexity index is 98.6. The molecule has 0 radical (unpaired) electrons. The van der Waals surface area contributed by atoms with E-state index >= 15 is 0 Å². The van der Waals surface area contributed by atoms with Gasteiger partial charge in [0, 0.05) is 0 Å². The van der Waals surface area contributed by atoms with E-state index in [-0.39, 0.29) is 0 Å². The molecule has 0 heterocycles.